The lowest BCUT2D eigenvalue weighted by molar-refractivity contribution is -0.184. The van der Waals surface area contributed by atoms with Crippen LogP contribution in [0, 0.1) is 0 Å². The second-order valence-corrected chi connectivity index (χ2v) is 4.44. The molecule has 2 bridgehead atoms. The van der Waals surface area contributed by atoms with Crippen molar-refractivity contribution in [2.45, 2.75) is 37.6 Å². The predicted molar refractivity (Wildman–Crippen MR) is 57.8 cm³/mol. The highest BCUT2D eigenvalue weighted by molar-refractivity contribution is 5.71. The van der Waals surface area contributed by atoms with E-state index in [0.717, 1.165) is 12.8 Å². The number of ether oxygens (including phenoxy) is 2. The van der Waals surface area contributed by atoms with Crippen molar-refractivity contribution >= 4 is 5.97 Å². The first-order valence-electron chi connectivity index (χ1n) is 5.71. The van der Waals surface area contributed by atoms with Crippen molar-refractivity contribution in [1.82, 2.24) is 0 Å². The maximum absolute atomic E-state index is 11.2. The van der Waals surface area contributed by atoms with Crippen molar-refractivity contribution < 1.29 is 14.3 Å². The molecule has 2 saturated heterocycles. The van der Waals surface area contributed by atoms with Gasteiger partial charge in [0.2, 0.25) is 0 Å². The van der Waals surface area contributed by atoms with Crippen LogP contribution in [0.15, 0.2) is 30.3 Å². The van der Waals surface area contributed by atoms with Gasteiger partial charge in [0, 0.05) is 12.8 Å². The summed E-state index contributed by atoms with van der Waals surface area (Å²) in [5.41, 5.74) is 1.18. The van der Waals surface area contributed by atoms with Gasteiger partial charge < -0.3 is 9.47 Å². The zero-order valence-electron chi connectivity index (χ0n) is 8.96. The highest BCUT2D eigenvalue weighted by atomic mass is 16.6. The zero-order valence-corrected chi connectivity index (χ0v) is 8.96. The maximum Gasteiger partial charge on any atom is 0.308 e. The number of esters is 1. The average molecular weight is 218 g/mol. The van der Waals surface area contributed by atoms with Crippen molar-refractivity contribution in [3.8, 4) is 0 Å². The molecule has 0 N–H and O–H groups in total. The Labute approximate surface area is 94.4 Å². The average Bonchev–Trinajstić information content (AvgIpc) is 2.28. The SMILES string of the molecule is O=C1C[C@H]2C[C@H](C[C@H](c3ccccc3)O2)O1. The predicted octanol–water partition coefficient (Wildman–Crippen LogP) is 2.22. The lowest BCUT2D eigenvalue weighted by Crippen LogP contribution is -2.40. The highest BCUT2D eigenvalue weighted by Gasteiger charge is 2.37. The van der Waals surface area contributed by atoms with E-state index in [4.69, 9.17) is 9.47 Å². The van der Waals surface area contributed by atoms with Crippen LogP contribution in [0.4, 0.5) is 0 Å². The largest absolute Gasteiger partial charge is 0.462 e. The molecular weight excluding hydrogens is 204 g/mol. The van der Waals surface area contributed by atoms with E-state index in [-0.39, 0.29) is 24.3 Å². The van der Waals surface area contributed by atoms with Crippen molar-refractivity contribution in [3.05, 3.63) is 35.9 Å². The number of fused-ring (bicyclic) bond motifs is 2. The number of carbonyl (C=O) groups excluding carboxylic acids is 1. The number of benzene rings is 1. The van der Waals surface area contributed by atoms with Gasteiger partial charge in [-0.2, -0.15) is 0 Å². The van der Waals surface area contributed by atoms with Crippen molar-refractivity contribution in [2.24, 2.45) is 0 Å². The molecule has 0 amide bonds. The fourth-order valence-electron chi connectivity index (χ4n) is 2.50. The van der Waals surface area contributed by atoms with E-state index in [0.29, 0.717) is 6.42 Å². The van der Waals surface area contributed by atoms with Crippen LogP contribution in [0.3, 0.4) is 0 Å². The minimum atomic E-state index is -0.118. The molecule has 3 rings (SSSR count). The molecule has 2 aliphatic heterocycles. The monoisotopic (exact) mass is 218 g/mol. The van der Waals surface area contributed by atoms with E-state index in [1.165, 1.54) is 5.56 Å². The molecule has 3 atom stereocenters. The summed E-state index contributed by atoms with van der Waals surface area (Å²) in [6, 6.07) is 10.1. The van der Waals surface area contributed by atoms with Crippen molar-refractivity contribution in [2.75, 3.05) is 0 Å². The number of hydrogen-bond acceptors (Lipinski definition) is 3. The number of rotatable bonds is 1. The van der Waals surface area contributed by atoms with Crippen LogP contribution in [0.25, 0.3) is 0 Å². The summed E-state index contributed by atoms with van der Waals surface area (Å²) in [7, 11) is 0. The Morgan fingerprint density at radius 3 is 2.62 bits per heavy atom. The zero-order chi connectivity index (χ0) is 11.0. The maximum atomic E-state index is 11.2. The minimum Gasteiger partial charge on any atom is -0.462 e. The van der Waals surface area contributed by atoms with Crippen LogP contribution in [0.1, 0.15) is 30.9 Å². The lowest BCUT2D eigenvalue weighted by atomic mass is 9.93. The Hall–Kier alpha value is -1.35. The summed E-state index contributed by atoms with van der Waals surface area (Å²) < 4.78 is 11.2. The Bertz CT molecular complexity index is 371. The van der Waals surface area contributed by atoms with Gasteiger partial charge in [0.25, 0.3) is 0 Å². The fraction of sp³-hybridized carbons (Fsp3) is 0.462. The number of carbonyl (C=O) groups is 1. The van der Waals surface area contributed by atoms with Crippen LogP contribution in [-0.4, -0.2) is 18.2 Å². The molecule has 0 aromatic heterocycles. The molecule has 1 aromatic carbocycles. The van der Waals surface area contributed by atoms with Gasteiger partial charge in [0.1, 0.15) is 6.10 Å². The number of hydrogen-bond donors (Lipinski definition) is 0. The van der Waals surface area contributed by atoms with E-state index < -0.39 is 0 Å². The van der Waals surface area contributed by atoms with Crippen LogP contribution in [-0.2, 0) is 14.3 Å². The Balaban J connectivity index is 1.78. The molecule has 3 heteroatoms. The quantitative estimate of drug-likeness (QED) is 0.678. The molecule has 0 aliphatic carbocycles. The summed E-state index contributed by atoms with van der Waals surface area (Å²) in [5.74, 6) is -0.118. The second kappa shape index (κ2) is 3.91. The van der Waals surface area contributed by atoms with Crippen LogP contribution >= 0.6 is 0 Å². The van der Waals surface area contributed by atoms with Gasteiger partial charge in [-0.1, -0.05) is 30.3 Å². The third kappa shape index (κ3) is 1.83. The minimum absolute atomic E-state index is 0.0465. The fourth-order valence-corrected chi connectivity index (χ4v) is 2.50. The highest BCUT2D eigenvalue weighted by Crippen LogP contribution is 2.36. The van der Waals surface area contributed by atoms with E-state index in [9.17, 15) is 4.79 Å². The van der Waals surface area contributed by atoms with Crippen LogP contribution < -0.4 is 0 Å². The molecule has 2 aliphatic rings. The van der Waals surface area contributed by atoms with Gasteiger partial charge in [-0.25, -0.2) is 0 Å². The second-order valence-electron chi connectivity index (χ2n) is 4.44. The van der Waals surface area contributed by atoms with E-state index >= 15 is 0 Å². The lowest BCUT2D eigenvalue weighted by Gasteiger charge is -2.38. The topological polar surface area (TPSA) is 35.5 Å². The third-order valence-corrected chi connectivity index (χ3v) is 3.22. The van der Waals surface area contributed by atoms with Crippen molar-refractivity contribution in [3.63, 3.8) is 0 Å². The molecule has 3 nitrogen and oxygen atoms in total. The molecule has 0 spiro atoms. The van der Waals surface area contributed by atoms with Crippen molar-refractivity contribution in [1.29, 1.82) is 0 Å². The first-order chi connectivity index (χ1) is 7.81. The Morgan fingerprint density at radius 2 is 1.88 bits per heavy atom. The molecule has 2 fully saturated rings. The van der Waals surface area contributed by atoms with Gasteiger partial charge in [-0.05, 0) is 5.56 Å². The summed E-state index contributed by atoms with van der Waals surface area (Å²) in [4.78, 5) is 11.2. The standard InChI is InChI=1S/C13H14O3/c14-13-8-11-6-10(16-13)7-12(15-11)9-4-2-1-3-5-9/h1-5,10-12H,6-8H2/t10-,11-,12-/m1/s1. The Morgan fingerprint density at radius 1 is 1.06 bits per heavy atom. The molecule has 0 radical (unpaired) electrons. The molecule has 84 valence electrons. The van der Waals surface area contributed by atoms with Gasteiger partial charge >= 0.3 is 5.97 Å². The molecule has 16 heavy (non-hydrogen) atoms. The van der Waals surface area contributed by atoms with E-state index in [1.54, 1.807) is 0 Å². The van der Waals surface area contributed by atoms with E-state index in [2.05, 4.69) is 12.1 Å². The molecule has 2 heterocycles. The molecule has 1 aromatic rings. The van der Waals surface area contributed by atoms with Crippen LogP contribution in [0.2, 0.25) is 0 Å². The van der Waals surface area contributed by atoms with Gasteiger partial charge in [0.15, 0.2) is 0 Å². The normalized spacial score (nSPS) is 33.2. The first-order valence-corrected chi connectivity index (χ1v) is 5.71. The van der Waals surface area contributed by atoms with Gasteiger partial charge in [-0.3, -0.25) is 4.79 Å². The third-order valence-electron chi connectivity index (χ3n) is 3.22. The molecule has 0 saturated carbocycles. The summed E-state index contributed by atoms with van der Waals surface area (Å²) in [6.07, 6.45) is 2.22. The molecular formula is C13H14O3. The summed E-state index contributed by atoms with van der Waals surface area (Å²) in [6.45, 7) is 0. The van der Waals surface area contributed by atoms with Crippen LogP contribution in [0.5, 0.6) is 0 Å². The summed E-state index contributed by atoms with van der Waals surface area (Å²) in [5, 5.41) is 0. The molecule has 0 unspecified atom stereocenters. The first kappa shape index (κ1) is 9.85. The van der Waals surface area contributed by atoms with Gasteiger partial charge in [-0.15, -0.1) is 0 Å². The summed E-state index contributed by atoms with van der Waals surface area (Å²) >= 11 is 0. The van der Waals surface area contributed by atoms with E-state index in [1.807, 2.05) is 18.2 Å². The van der Waals surface area contributed by atoms with Gasteiger partial charge in [0.05, 0.1) is 18.6 Å². The smallest absolute Gasteiger partial charge is 0.308 e. The Kier molecular flexibility index (Phi) is 2.40.